The molecule has 1 aliphatic rings. The highest BCUT2D eigenvalue weighted by Gasteiger charge is 2.25. The van der Waals surface area contributed by atoms with Gasteiger partial charge in [-0.05, 0) is 69.2 Å². The van der Waals surface area contributed by atoms with E-state index in [0.29, 0.717) is 23.7 Å². The number of carbonyl (C=O) groups is 1. The normalized spacial score (nSPS) is 16.2. The van der Waals surface area contributed by atoms with E-state index < -0.39 is 15.9 Å². The first-order valence-electron chi connectivity index (χ1n) is 10.3. The van der Waals surface area contributed by atoms with Crippen LogP contribution in [0.4, 0.5) is 9.18 Å². The number of urea groups is 1. The number of rotatable bonds is 8. The molecule has 0 aromatic heterocycles. The van der Waals surface area contributed by atoms with Crippen LogP contribution in [-0.2, 0) is 21.4 Å². The van der Waals surface area contributed by atoms with E-state index in [-0.39, 0.29) is 35.4 Å². The minimum Gasteiger partial charge on any atom is -0.379 e. The number of carbonyl (C=O) groups excluding carboxylic acids is 1. The minimum atomic E-state index is -4.22. The molecule has 0 spiro atoms. The molecule has 10 heteroatoms. The van der Waals surface area contributed by atoms with Crippen molar-refractivity contribution in [2.24, 2.45) is 0 Å². The van der Waals surface area contributed by atoms with Gasteiger partial charge in [0.25, 0.3) is 0 Å². The fourth-order valence-electron chi connectivity index (χ4n) is 3.32. The molecule has 1 atom stereocenters. The van der Waals surface area contributed by atoms with Gasteiger partial charge in [0.15, 0.2) is 0 Å². The zero-order valence-corrected chi connectivity index (χ0v) is 19.5. The molecule has 0 unspecified atom stereocenters. The molecular weight excluding hydrogens is 459 g/mol. The highest BCUT2D eigenvalue weighted by Crippen LogP contribution is 2.28. The summed E-state index contributed by atoms with van der Waals surface area (Å²) in [6.45, 7) is 4.75. The van der Waals surface area contributed by atoms with Crippen molar-refractivity contribution in [3.8, 4) is 5.75 Å². The number of amides is 2. The second kappa shape index (κ2) is 10.5. The maximum absolute atomic E-state index is 13.2. The van der Waals surface area contributed by atoms with Crippen LogP contribution in [0, 0.1) is 5.82 Å². The van der Waals surface area contributed by atoms with Crippen molar-refractivity contribution in [2.75, 3.05) is 13.2 Å². The number of halogens is 2. The smallest absolute Gasteiger partial charge is 0.339 e. The molecule has 2 aromatic rings. The molecule has 174 valence electrons. The number of ether oxygens (including phenoxy) is 1. The SMILES string of the molecule is CC(C)NC(=O)N(Cc1cc(Cl)ccc1OS(=O)(=O)c1ccc(F)cc1)C[C@@H]1CCCO1. The van der Waals surface area contributed by atoms with Crippen LogP contribution in [0.2, 0.25) is 5.02 Å². The molecule has 2 aromatic carbocycles. The molecule has 0 radical (unpaired) electrons. The average Bonchev–Trinajstić information content (AvgIpc) is 3.22. The summed E-state index contributed by atoms with van der Waals surface area (Å²) >= 11 is 6.15. The molecule has 1 heterocycles. The van der Waals surface area contributed by atoms with Crippen LogP contribution in [0.3, 0.4) is 0 Å². The summed E-state index contributed by atoms with van der Waals surface area (Å²) in [5.41, 5.74) is 0.417. The Labute approximate surface area is 192 Å². The van der Waals surface area contributed by atoms with Gasteiger partial charge in [-0.25, -0.2) is 9.18 Å². The Morgan fingerprint density at radius 1 is 1.28 bits per heavy atom. The molecule has 1 saturated heterocycles. The van der Waals surface area contributed by atoms with Gasteiger partial charge in [-0.15, -0.1) is 0 Å². The van der Waals surface area contributed by atoms with Crippen molar-refractivity contribution in [1.82, 2.24) is 10.2 Å². The largest absolute Gasteiger partial charge is 0.379 e. The lowest BCUT2D eigenvalue weighted by Crippen LogP contribution is -2.45. The van der Waals surface area contributed by atoms with Gasteiger partial charge in [-0.3, -0.25) is 0 Å². The summed E-state index contributed by atoms with van der Waals surface area (Å²) in [5, 5.41) is 3.22. The van der Waals surface area contributed by atoms with Crippen molar-refractivity contribution < 1.29 is 26.5 Å². The second-order valence-corrected chi connectivity index (χ2v) is 9.85. The fourth-order valence-corrected chi connectivity index (χ4v) is 4.48. The summed E-state index contributed by atoms with van der Waals surface area (Å²) in [6, 6.07) is 8.44. The van der Waals surface area contributed by atoms with Crippen LogP contribution in [0.15, 0.2) is 47.4 Å². The summed E-state index contributed by atoms with van der Waals surface area (Å²) in [7, 11) is -4.22. The van der Waals surface area contributed by atoms with Gasteiger partial charge in [0.2, 0.25) is 0 Å². The van der Waals surface area contributed by atoms with Crippen LogP contribution < -0.4 is 9.50 Å². The zero-order valence-electron chi connectivity index (χ0n) is 17.9. The number of nitrogens with zero attached hydrogens (tertiary/aromatic N) is 1. The maximum Gasteiger partial charge on any atom is 0.339 e. The highest BCUT2D eigenvalue weighted by molar-refractivity contribution is 7.87. The molecule has 0 aliphatic carbocycles. The number of hydrogen-bond donors (Lipinski definition) is 1. The molecule has 7 nitrogen and oxygen atoms in total. The monoisotopic (exact) mass is 484 g/mol. The van der Waals surface area contributed by atoms with Crippen LogP contribution in [0.5, 0.6) is 5.75 Å². The molecular formula is C22H26ClFN2O5S. The van der Waals surface area contributed by atoms with Crippen molar-refractivity contribution >= 4 is 27.8 Å². The summed E-state index contributed by atoms with van der Waals surface area (Å²) in [4.78, 5) is 14.2. The minimum absolute atomic E-state index is 0.0356. The first-order valence-corrected chi connectivity index (χ1v) is 12.1. The van der Waals surface area contributed by atoms with Crippen molar-refractivity contribution in [3.05, 3.63) is 58.9 Å². The number of nitrogens with one attached hydrogen (secondary N) is 1. The molecule has 1 N–H and O–H groups in total. The first-order chi connectivity index (χ1) is 15.1. The van der Waals surface area contributed by atoms with Crippen molar-refractivity contribution in [2.45, 2.75) is 50.3 Å². The molecule has 0 saturated carbocycles. The van der Waals surface area contributed by atoms with Gasteiger partial charge in [0.05, 0.1) is 12.6 Å². The van der Waals surface area contributed by atoms with Gasteiger partial charge in [-0.2, -0.15) is 8.42 Å². The van der Waals surface area contributed by atoms with Crippen molar-refractivity contribution in [1.29, 1.82) is 0 Å². The van der Waals surface area contributed by atoms with Gasteiger partial charge in [-0.1, -0.05) is 11.6 Å². The van der Waals surface area contributed by atoms with Crippen LogP contribution >= 0.6 is 11.6 Å². The Bertz CT molecular complexity index is 1040. The molecule has 3 rings (SSSR count). The molecule has 1 fully saturated rings. The average molecular weight is 485 g/mol. The van der Waals surface area contributed by atoms with Crippen molar-refractivity contribution in [3.63, 3.8) is 0 Å². The fraction of sp³-hybridized carbons (Fsp3) is 0.409. The summed E-state index contributed by atoms with van der Waals surface area (Å²) in [5.74, 6) is -0.523. The van der Waals surface area contributed by atoms with Crippen LogP contribution in [-0.4, -0.2) is 44.6 Å². The quantitative estimate of drug-likeness (QED) is 0.563. The van der Waals surface area contributed by atoms with E-state index in [2.05, 4.69) is 5.32 Å². The lowest BCUT2D eigenvalue weighted by Gasteiger charge is -2.27. The van der Waals surface area contributed by atoms with Gasteiger partial charge >= 0.3 is 16.1 Å². The van der Waals surface area contributed by atoms with E-state index in [1.165, 1.54) is 12.1 Å². The predicted molar refractivity (Wildman–Crippen MR) is 119 cm³/mol. The van der Waals surface area contributed by atoms with E-state index >= 15 is 0 Å². The molecule has 32 heavy (non-hydrogen) atoms. The Morgan fingerprint density at radius 3 is 2.62 bits per heavy atom. The van der Waals surface area contributed by atoms with E-state index in [1.54, 1.807) is 11.0 Å². The summed E-state index contributed by atoms with van der Waals surface area (Å²) < 4.78 is 49.6. The lowest BCUT2D eigenvalue weighted by atomic mass is 10.1. The summed E-state index contributed by atoms with van der Waals surface area (Å²) in [6.07, 6.45) is 1.66. The Hall–Kier alpha value is -2.36. The maximum atomic E-state index is 13.2. The zero-order chi connectivity index (χ0) is 23.3. The number of hydrogen-bond acceptors (Lipinski definition) is 5. The Morgan fingerprint density at radius 2 is 2.00 bits per heavy atom. The first kappa shape index (κ1) is 24.3. The molecule has 1 aliphatic heterocycles. The molecule has 2 amide bonds. The third-order valence-corrected chi connectivity index (χ3v) is 6.32. The second-order valence-electron chi connectivity index (χ2n) is 7.86. The standard InChI is InChI=1S/C22H26ClFN2O5S/c1-15(2)25-22(27)26(14-19-4-3-11-30-19)13-16-12-17(23)5-10-21(16)31-32(28,29)20-8-6-18(24)7-9-20/h5-10,12,15,19H,3-4,11,13-14H2,1-2H3,(H,25,27)/t19-/m0/s1. The van der Waals surface area contributed by atoms with Gasteiger partial charge < -0.3 is 19.1 Å². The third-order valence-electron chi connectivity index (χ3n) is 4.83. The third kappa shape index (κ3) is 6.57. The van der Waals surface area contributed by atoms with E-state index in [1.807, 2.05) is 13.8 Å². The van der Waals surface area contributed by atoms with E-state index in [9.17, 15) is 17.6 Å². The molecule has 0 bridgehead atoms. The Balaban J connectivity index is 1.87. The van der Waals surface area contributed by atoms with Gasteiger partial charge in [0, 0.05) is 29.8 Å². The predicted octanol–water partition coefficient (Wildman–Crippen LogP) is 4.35. The highest BCUT2D eigenvalue weighted by atomic mass is 35.5. The van der Waals surface area contributed by atoms with Gasteiger partial charge in [0.1, 0.15) is 16.5 Å². The van der Waals surface area contributed by atoms with Crippen LogP contribution in [0.25, 0.3) is 0 Å². The van der Waals surface area contributed by atoms with E-state index in [0.717, 1.165) is 37.1 Å². The Kier molecular flexibility index (Phi) is 7.97. The van der Waals surface area contributed by atoms with E-state index in [4.69, 9.17) is 20.5 Å². The van der Waals surface area contributed by atoms with Crippen LogP contribution in [0.1, 0.15) is 32.3 Å². The number of benzene rings is 2. The topological polar surface area (TPSA) is 84.9 Å². The lowest BCUT2D eigenvalue weighted by molar-refractivity contribution is 0.0790.